The average molecular weight is 209 g/mol. The lowest BCUT2D eigenvalue weighted by Crippen LogP contribution is -2.08. The maximum absolute atomic E-state index is 9.11. The van der Waals surface area contributed by atoms with Gasteiger partial charge in [-0.25, -0.2) is 0 Å². The van der Waals surface area contributed by atoms with Crippen LogP contribution in [0.25, 0.3) is 0 Å². The maximum atomic E-state index is 9.11. The van der Waals surface area contributed by atoms with Crippen molar-refractivity contribution >= 4 is 5.69 Å². The third-order valence-corrected chi connectivity index (χ3v) is 2.23. The molecule has 0 fully saturated rings. The van der Waals surface area contributed by atoms with Crippen molar-refractivity contribution in [2.45, 2.75) is 6.04 Å². The van der Waals surface area contributed by atoms with E-state index in [4.69, 9.17) is 5.26 Å². The van der Waals surface area contributed by atoms with Crippen LogP contribution in [0, 0.1) is 11.3 Å². The zero-order chi connectivity index (χ0) is 11.2. The number of pyridine rings is 1. The molecule has 0 aliphatic carbocycles. The Morgan fingerprint density at radius 1 is 1.12 bits per heavy atom. The monoisotopic (exact) mass is 209 g/mol. The van der Waals surface area contributed by atoms with E-state index in [0.29, 0.717) is 0 Å². The van der Waals surface area contributed by atoms with Crippen LogP contribution in [0.4, 0.5) is 5.69 Å². The first-order chi connectivity index (χ1) is 7.90. The van der Waals surface area contributed by atoms with Gasteiger partial charge in [0.15, 0.2) is 0 Å². The Morgan fingerprint density at radius 2 is 1.94 bits per heavy atom. The van der Waals surface area contributed by atoms with Crippen molar-refractivity contribution in [2.75, 3.05) is 5.32 Å². The zero-order valence-electron chi connectivity index (χ0n) is 8.67. The lowest BCUT2D eigenvalue weighted by Gasteiger charge is -2.12. The smallest absolute Gasteiger partial charge is 0.140 e. The number of benzene rings is 1. The molecule has 0 saturated carbocycles. The highest BCUT2D eigenvalue weighted by atomic mass is 14.9. The van der Waals surface area contributed by atoms with Gasteiger partial charge in [0.1, 0.15) is 6.04 Å². The van der Waals surface area contributed by atoms with Gasteiger partial charge in [-0.1, -0.05) is 30.3 Å². The van der Waals surface area contributed by atoms with Crippen LogP contribution in [0.5, 0.6) is 0 Å². The summed E-state index contributed by atoms with van der Waals surface area (Å²) < 4.78 is 0. The standard InChI is InChI=1S/C13H11N3/c14-9-13(11-5-2-1-3-6-11)16-12-7-4-8-15-10-12/h1-8,10,13,16H. The summed E-state index contributed by atoms with van der Waals surface area (Å²) in [4.78, 5) is 3.99. The van der Waals surface area contributed by atoms with E-state index < -0.39 is 0 Å². The average Bonchev–Trinajstić information content (AvgIpc) is 2.38. The molecule has 3 nitrogen and oxygen atoms in total. The lowest BCUT2D eigenvalue weighted by molar-refractivity contribution is 0.994. The van der Waals surface area contributed by atoms with Crippen LogP contribution in [0.1, 0.15) is 11.6 Å². The van der Waals surface area contributed by atoms with Crippen molar-refractivity contribution in [3.05, 3.63) is 60.4 Å². The van der Waals surface area contributed by atoms with Gasteiger partial charge in [0.05, 0.1) is 11.8 Å². The Balaban J connectivity index is 2.17. The normalized spacial score (nSPS) is 11.4. The molecule has 1 aromatic carbocycles. The fourth-order valence-electron chi connectivity index (χ4n) is 1.45. The van der Waals surface area contributed by atoms with Gasteiger partial charge >= 0.3 is 0 Å². The molecule has 1 N–H and O–H groups in total. The predicted molar refractivity (Wildman–Crippen MR) is 62.7 cm³/mol. The fraction of sp³-hybridized carbons (Fsp3) is 0.0769. The highest BCUT2D eigenvalue weighted by molar-refractivity contribution is 5.45. The van der Waals surface area contributed by atoms with Crippen molar-refractivity contribution in [1.29, 1.82) is 5.26 Å². The van der Waals surface area contributed by atoms with Crippen molar-refractivity contribution in [3.63, 3.8) is 0 Å². The third kappa shape index (κ3) is 2.37. The van der Waals surface area contributed by atoms with Gasteiger partial charge < -0.3 is 5.32 Å². The first-order valence-electron chi connectivity index (χ1n) is 5.01. The summed E-state index contributed by atoms with van der Waals surface area (Å²) in [5, 5.41) is 12.2. The molecule has 3 heteroatoms. The lowest BCUT2D eigenvalue weighted by atomic mass is 10.1. The molecule has 0 amide bonds. The SMILES string of the molecule is N#CC(Nc1cccnc1)c1ccccc1. The van der Waals surface area contributed by atoms with Crippen LogP contribution in [0.2, 0.25) is 0 Å². The highest BCUT2D eigenvalue weighted by Gasteiger charge is 2.08. The molecule has 0 saturated heterocycles. The Kier molecular flexibility index (Phi) is 3.15. The topological polar surface area (TPSA) is 48.7 Å². The summed E-state index contributed by atoms with van der Waals surface area (Å²) in [6, 6.07) is 15.2. The van der Waals surface area contributed by atoms with Crippen LogP contribution in [-0.4, -0.2) is 4.98 Å². The number of nitrogens with zero attached hydrogens (tertiary/aromatic N) is 2. The summed E-state index contributed by atoms with van der Waals surface area (Å²) in [5.41, 5.74) is 1.80. The number of anilines is 1. The van der Waals surface area contributed by atoms with Crippen LogP contribution < -0.4 is 5.32 Å². The largest absolute Gasteiger partial charge is 0.365 e. The number of hydrogen-bond donors (Lipinski definition) is 1. The van der Waals surface area contributed by atoms with E-state index in [2.05, 4.69) is 16.4 Å². The Bertz CT molecular complexity index is 474. The molecule has 0 radical (unpaired) electrons. The quantitative estimate of drug-likeness (QED) is 0.845. The van der Waals surface area contributed by atoms with Crippen LogP contribution in [-0.2, 0) is 0 Å². The summed E-state index contributed by atoms with van der Waals surface area (Å²) in [5.74, 6) is 0. The molecule has 1 unspecified atom stereocenters. The molecular formula is C13H11N3. The zero-order valence-corrected chi connectivity index (χ0v) is 8.67. The summed E-state index contributed by atoms with van der Waals surface area (Å²) in [7, 11) is 0. The van der Waals surface area contributed by atoms with E-state index in [9.17, 15) is 0 Å². The van der Waals surface area contributed by atoms with Gasteiger partial charge in [0.2, 0.25) is 0 Å². The first kappa shape index (κ1) is 10.2. The predicted octanol–water partition coefficient (Wildman–Crippen LogP) is 2.76. The molecular weight excluding hydrogens is 198 g/mol. The molecule has 2 aromatic rings. The number of rotatable bonds is 3. The van der Waals surface area contributed by atoms with Gasteiger partial charge in [-0.3, -0.25) is 4.98 Å². The third-order valence-electron chi connectivity index (χ3n) is 2.23. The molecule has 16 heavy (non-hydrogen) atoms. The first-order valence-corrected chi connectivity index (χ1v) is 5.01. The molecule has 0 aliphatic heterocycles. The van der Waals surface area contributed by atoms with Gasteiger partial charge in [-0.05, 0) is 17.7 Å². The Labute approximate surface area is 94.4 Å². The van der Waals surface area contributed by atoms with Gasteiger partial charge in [-0.2, -0.15) is 5.26 Å². The van der Waals surface area contributed by atoms with Crippen LogP contribution >= 0.6 is 0 Å². The van der Waals surface area contributed by atoms with Crippen molar-refractivity contribution < 1.29 is 0 Å². The van der Waals surface area contributed by atoms with E-state index in [0.717, 1.165) is 11.3 Å². The molecule has 2 rings (SSSR count). The van der Waals surface area contributed by atoms with Gasteiger partial charge in [-0.15, -0.1) is 0 Å². The van der Waals surface area contributed by atoms with E-state index in [1.165, 1.54) is 0 Å². The highest BCUT2D eigenvalue weighted by Crippen LogP contribution is 2.17. The second-order valence-corrected chi connectivity index (χ2v) is 3.36. The number of hydrogen-bond acceptors (Lipinski definition) is 3. The number of nitriles is 1. The maximum Gasteiger partial charge on any atom is 0.140 e. The minimum atomic E-state index is -0.342. The van der Waals surface area contributed by atoms with E-state index >= 15 is 0 Å². The van der Waals surface area contributed by atoms with Gasteiger partial charge in [0.25, 0.3) is 0 Å². The molecule has 0 bridgehead atoms. The molecule has 78 valence electrons. The van der Waals surface area contributed by atoms with E-state index in [1.807, 2.05) is 42.5 Å². The van der Waals surface area contributed by atoms with Crippen molar-refractivity contribution in [2.24, 2.45) is 0 Å². The van der Waals surface area contributed by atoms with Crippen LogP contribution in [0.3, 0.4) is 0 Å². The summed E-state index contributed by atoms with van der Waals surface area (Å²) >= 11 is 0. The molecule has 0 aliphatic rings. The van der Waals surface area contributed by atoms with E-state index in [1.54, 1.807) is 12.4 Å². The Morgan fingerprint density at radius 3 is 2.56 bits per heavy atom. The van der Waals surface area contributed by atoms with Crippen LogP contribution in [0.15, 0.2) is 54.9 Å². The molecule has 1 atom stereocenters. The summed E-state index contributed by atoms with van der Waals surface area (Å²) in [6.45, 7) is 0. The number of aromatic nitrogens is 1. The van der Waals surface area contributed by atoms with E-state index in [-0.39, 0.29) is 6.04 Å². The fourth-order valence-corrected chi connectivity index (χ4v) is 1.45. The van der Waals surface area contributed by atoms with Crippen molar-refractivity contribution in [1.82, 2.24) is 4.98 Å². The second kappa shape index (κ2) is 4.94. The second-order valence-electron chi connectivity index (χ2n) is 3.36. The minimum absolute atomic E-state index is 0.342. The Hall–Kier alpha value is -2.34. The minimum Gasteiger partial charge on any atom is -0.365 e. The number of nitrogens with one attached hydrogen (secondary N) is 1. The van der Waals surface area contributed by atoms with Crippen molar-refractivity contribution in [3.8, 4) is 6.07 Å². The molecule has 0 spiro atoms. The summed E-state index contributed by atoms with van der Waals surface area (Å²) in [6.07, 6.45) is 3.41. The van der Waals surface area contributed by atoms with Gasteiger partial charge in [0, 0.05) is 12.4 Å². The molecule has 1 heterocycles. The molecule has 1 aromatic heterocycles.